The molecule has 0 radical (unpaired) electrons. The molecule has 1 nitrogen and oxygen atoms in total. The second kappa shape index (κ2) is 8.09. The van der Waals surface area contributed by atoms with Crippen molar-refractivity contribution in [3.63, 3.8) is 0 Å². The Bertz CT molecular complexity index is 582. The number of halogens is 2. The molecule has 0 bridgehead atoms. The predicted molar refractivity (Wildman–Crippen MR) is 93.6 cm³/mol. The molecular formula is C17H19Cl2NS. The summed E-state index contributed by atoms with van der Waals surface area (Å²) in [6.45, 7) is 6.36. The molecule has 0 amide bonds. The van der Waals surface area contributed by atoms with Crippen molar-refractivity contribution in [1.82, 2.24) is 5.32 Å². The molecular weight excluding hydrogens is 321 g/mol. The zero-order chi connectivity index (χ0) is 15.2. The van der Waals surface area contributed by atoms with Crippen LogP contribution in [0.3, 0.4) is 0 Å². The lowest BCUT2D eigenvalue weighted by Gasteiger charge is -2.09. The predicted octanol–water partition coefficient (Wildman–Crippen LogP) is 5.89. The Labute approximate surface area is 141 Å². The molecule has 0 atom stereocenters. The third kappa shape index (κ3) is 5.55. The lowest BCUT2D eigenvalue weighted by molar-refractivity contribution is 0.552. The van der Waals surface area contributed by atoms with Gasteiger partial charge in [-0.25, -0.2) is 0 Å². The van der Waals surface area contributed by atoms with E-state index in [0.717, 1.165) is 27.9 Å². The molecule has 0 saturated heterocycles. The molecule has 0 aliphatic rings. The van der Waals surface area contributed by atoms with E-state index in [0.29, 0.717) is 10.9 Å². The molecule has 0 aliphatic heterocycles. The zero-order valence-electron chi connectivity index (χ0n) is 12.2. The normalized spacial score (nSPS) is 11.1. The van der Waals surface area contributed by atoms with Crippen molar-refractivity contribution in [2.75, 3.05) is 6.54 Å². The van der Waals surface area contributed by atoms with Crippen LogP contribution in [0.15, 0.2) is 52.3 Å². The van der Waals surface area contributed by atoms with E-state index in [9.17, 15) is 0 Å². The topological polar surface area (TPSA) is 12.0 Å². The summed E-state index contributed by atoms with van der Waals surface area (Å²) < 4.78 is 0. The number of benzene rings is 2. The highest BCUT2D eigenvalue weighted by Gasteiger charge is 2.04. The fourth-order valence-electron chi connectivity index (χ4n) is 1.86. The highest BCUT2D eigenvalue weighted by atomic mass is 35.5. The van der Waals surface area contributed by atoms with Crippen LogP contribution in [0, 0.1) is 5.92 Å². The van der Waals surface area contributed by atoms with Gasteiger partial charge in [0, 0.05) is 21.4 Å². The molecule has 0 aliphatic carbocycles. The van der Waals surface area contributed by atoms with Gasteiger partial charge in [0.15, 0.2) is 0 Å². The SMILES string of the molecule is CC(C)CNCc1ccc(Sc2cc(Cl)ccc2Cl)cc1. The van der Waals surface area contributed by atoms with E-state index >= 15 is 0 Å². The van der Waals surface area contributed by atoms with Gasteiger partial charge in [-0.15, -0.1) is 0 Å². The van der Waals surface area contributed by atoms with Gasteiger partial charge in [0.25, 0.3) is 0 Å². The lowest BCUT2D eigenvalue weighted by Crippen LogP contribution is -2.18. The van der Waals surface area contributed by atoms with Gasteiger partial charge in [0.2, 0.25) is 0 Å². The maximum Gasteiger partial charge on any atom is 0.0546 e. The van der Waals surface area contributed by atoms with Crippen molar-refractivity contribution in [3.05, 3.63) is 58.1 Å². The van der Waals surface area contributed by atoms with Crippen molar-refractivity contribution in [2.45, 2.75) is 30.2 Å². The van der Waals surface area contributed by atoms with Gasteiger partial charge in [-0.2, -0.15) is 0 Å². The summed E-state index contributed by atoms with van der Waals surface area (Å²) in [5.74, 6) is 0.671. The van der Waals surface area contributed by atoms with Gasteiger partial charge in [-0.1, -0.05) is 60.9 Å². The van der Waals surface area contributed by atoms with Crippen molar-refractivity contribution < 1.29 is 0 Å². The second-order valence-electron chi connectivity index (χ2n) is 5.35. The van der Waals surface area contributed by atoms with Crippen LogP contribution in [0.5, 0.6) is 0 Å². The minimum Gasteiger partial charge on any atom is -0.312 e. The van der Waals surface area contributed by atoms with Gasteiger partial charge in [0.05, 0.1) is 5.02 Å². The Morgan fingerprint density at radius 3 is 2.43 bits per heavy atom. The van der Waals surface area contributed by atoms with E-state index in [1.807, 2.05) is 12.1 Å². The Hall–Kier alpha value is -0.670. The van der Waals surface area contributed by atoms with Crippen LogP contribution in [0.25, 0.3) is 0 Å². The minimum atomic E-state index is 0.671. The Morgan fingerprint density at radius 2 is 1.76 bits per heavy atom. The highest BCUT2D eigenvalue weighted by Crippen LogP contribution is 2.35. The zero-order valence-corrected chi connectivity index (χ0v) is 14.5. The van der Waals surface area contributed by atoms with Crippen molar-refractivity contribution in [1.29, 1.82) is 0 Å². The van der Waals surface area contributed by atoms with E-state index in [2.05, 4.69) is 43.4 Å². The van der Waals surface area contributed by atoms with E-state index in [-0.39, 0.29) is 0 Å². The van der Waals surface area contributed by atoms with E-state index in [1.165, 1.54) is 5.56 Å². The Morgan fingerprint density at radius 1 is 1.05 bits per heavy atom. The van der Waals surface area contributed by atoms with Crippen LogP contribution in [0.4, 0.5) is 0 Å². The van der Waals surface area contributed by atoms with Crippen molar-refractivity contribution in [2.24, 2.45) is 5.92 Å². The molecule has 1 N–H and O–H groups in total. The summed E-state index contributed by atoms with van der Waals surface area (Å²) in [5, 5.41) is 4.88. The average molecular weight is 340 g/mol. The maximum atomic E-state index is 6.19. The average Bonchev–Trinajstić information content (AvgIpc) is 2.44. The van der Waals surface area contributed by atoms with Gasteiger partial charge in [-0.3, -0.25) is 0 Å². The molecule has 21 heavy (non-hydrogen) atoms. The minimum absolute atomic E-state index is 0.671. The van der Waals surface area contributed by atoms with Crippen LogP contribution < -0.4 is 5.32 Å². The molecule has 112 valence electrons. The first kappa shape index (κ1) is 16.7. The number of hydrogen-bond acceptors (Lipinski definition) is 2. The van der Waals surface area contributed by atoms with Gasteiger partial charge in [-0.05, 0) is 48.4 Å². The quantitative estimate of drug-likeness (QED) is 0.704. The standard InChI is InChI=1S/C17H19Cl2NS/c1-12(2)10-20-11-13-3-6-15(7-4-13)21-17-9-14(18)5-8-16(17)19/h3-9,12,20H,10-11H2,1-2H3. The summed E-state index contributed by atoms with van der Waals surface area (Å²) in [5.41, 5.74) is 1.29. The molecule has 0 aromatic heterocycles. The van der Waals surface area contributed by atoms with E-state index in [1.54, 1.807) is 17.8 Å². The van der Waals surface area contributed by atoms with Crippen LogP contribution in [-0.2, 0) is 6.54 Å². The second-order valence-corrected chi connectivity index (χ2v) is 7.30. The molecule has 0 fully saturated rings. The maximum absolute atomic E-state index is 6.19. The van der Waals surface area contributed by atoms with Gasteiger partial charge in [0.1, 0.15) is 0 Å². The van der Waals surface area contributed by atoms with Gasteiger partial charge >= 0.3 is 0 Å². The molecule has 0 saturated carbocycles. The molecule has 0 unspecified atom stereocenters. The number of nitrogens with one attached hydrogen (secondary N) is 1. The van der Waals surface area contributed by atoms with Gasteiger partial charge < -0.3 is 5.32 Å². The molecule has 4 heteroatoms. The van der Waals surface area contributed by atoms with Crippen LogP contribution >= 0.6 is 35.0 Å². The summed E-state index contributed by atoms with van der Waals surface area (Å²) >= 11 is 13.8. The van der Waals surface area contributed by atoms with Crippen molar-refractivity contribution >= 4 is 35.0 Å². The summed E-state index contributed by atoms with van der Waals surface area (Å²) in [6, 6.07) is 14.1. The third-order valence-corrected chi connectivity index (χ3v) is 4.67. The summed E-state index contributed by atoms with van der Waals surface area (Å²) in [7, 11) is 0. The van der Waals surface area contributed by atoms with Crippen molar-refractivity contribution in [3.8, 4) is 0 Å². The highest BCUT2D eigenvalue weighted by molar-refractivity contribution is 7.99. The molecule has 2 aromatic carbocycles. The summed E-state index contributed by atoms with van der Waals surface area (Å²) in [4.78, 5) is 2.14. The largest absolute Gasteiger partial charge is 0.312 e. The molecule has 0 heterocycles. The summed E-state index contributed by atoms with van der Waals surface area (Å²) in [6.07, 6.45) is 0. The van der Waals surface area contributed by atoms with Crippen LogP contribution in [-0.4, -0.2) is 6.54 Å². The first-order valence-electron chi connectivity index (χ1n) is 6.97. The molecule has 2 rings (SSSR count). The third-order valence-electron chi connectivity index (χ3n) is 2.93. The smallest absolute Gasteiger partial charge is 0.0546 e. The molecule has 0 spiro atoms. The first-order chi connectivity index (χ1) is 10.0. The van der Waals surface area contributed by atoms with E-state index < -0.39 is 0 Å². The monoisotopic (exact) mass is 339 g/mol. The van der Waals surface area contributed by atoms with Crippen LogP contribution in [0.1, 0.15) is 19.4 Å². The number of hydrogen-bond donors (Lipinski definition) is 1. The number of rotatable bonds is 6. The fourth-order valence-corrected chi connectivity index (χ4v) is 3.21. The molecule has 2 aromatic rings. The fraction of sp³-hybridized carbons (Fsp3) is 0.294. The Kier molecular flexibility index (Phi) is 6.43. The Balaban J connectivity index is 1.97. The van der Waals surface area contributed by atoms with E-state index in [4.69, 9.17) is 23.2 Å². The lowest BCUT2D eigenvalue weighted by atomic mass is 10.2. The first-order valence-corrected chi connectivity index (χ1v) is 8.54. The van der Waals surface area contributed by atoms with Crippen LogP contribution in [0.2, 0.25) is 10.0 Å².